The Kier molecular flexibility index (Phi) is 4.71. The van der Waals surface area contributed by atoms with Gasteiger partial charge < -0.3 is 5.32 Å². The minimum atomic E-state index is -0.172. The van der Waals surface area contributed by atoms with Crippen LogP contribution in [0.15, 0.2) is 30.5 Å². The number of aryl methyl sites for hydroxylation is 1. The summed E-state index contributed by atoms with van der Waals surface area (Å²) in [5, 5.41) is 3.37. The van der Waals surface area contributed by atoms with Crippen LogP contribution in [-0.4, -0.2) is 15.9 Å². The largest absolute Gasteiger partial charge is 0.346 e. The van der Waals surface area contributed by atoms with E-state index in [4.69, 9.17) is 11.6 Å². The molecule has 0 bridgehead atoms. The van der Waals surface area contributed by atoms with Crippen LogP contribution in [0.2, 0.25) is 5.02 Å². The zero-order valence-corrected chi connectivity index (χ0v) is 13.1. The Hall–Kier alpha value is -1.21. The van der Waals surface area contributed by atoms with E-state index in [-0.39, 0.29) is 5.91 Å². The SMILES string of the molecule is Cc1nccc(CNC(=O)c2ccc(I)c(Cl)c2)n1. The number of benzene rings is 1. The molecular weight excluding hydrogens is 377 g/mol. The van der Waals surface area contributed by atoms with Crippen LogP contribution in [0.25, 0.3) is 0 Å². The monoisotopic (exact) mass is 387 g/mol. The highest BCUT2D eigenvalue weighted by Gasteiger charge is 2.08. The van der Waals surface area contributed by atoms with Crippen molar-refractivity contribution in [2.75, 3.05) is 0 Å². The van der Waals surface area contributed by atoms with Crippen LogP contribution in [-0.2, 0) is 6.54 Å². The molecule has 0 saturated carbocycles. The molecule has 0 aliphatic rings. The van der Waals surface area contributed by atoms with Gasteiger partial charge in [0, 0.05) is 15.3 Å². The van der Waals surface area contributed by atoms with Crippen molar-refractivity contribution in [3.63, 3.8) is 0 Å². The summed E-state index contributed by atoms with van der Waals surface area (Å²) in [5.41, 5.74) is 1.31. The average molecular weight is 388 g/mol. The third-order valence-electron chi connectivity index (χ3n) is 2.45. The van der Waals surface area contributed by atoms with Gasteiger partial charge in [-0.15, -0.1) is 0 Å². The highest BCUT2D eigenvalue weighted by molar-refractivity contribution is 14.1. The van der Waals surface area contributed by atoms with Crippen LogP contribution in [0, 0.1) is 10.5 Å². The van der Waals surface area contributed by atoms with E-state index in [1.807, 2.05) is 13.0 Å². The van der Waals surface area contributed by atoms with E-state index in [2.05, 4.69) is 37.9 Å². The van der Waals surface area contributed by atoms with Crippen molar-refractivity contribution in [2.45, 2.75) is 13.5 Å². The first-order chi connectivity index (χ1) is 9.06. The normalized spacial score (nSPS) is 10.3. The highest BCUT2D eigenvalue weighted by Crippen LogP contribution is 2.19. The molecule has 0 aliphatic carbocycles. The van der Waals surface area contributed by atoms with Gasteiger partial charge in [0.05, 0.1) is 17.3 Å². The molecule has 0 saturated heterocycles. The Balaban J connectivity index is 2.03. The molecule has 0 radical (unpaired) electrons. The number of rotatable bonds is 3. The van der Waals surface area contributed by atoms with E-state index in [1.54, 1.807) is 24.4 Å². The zero-order chi connectivity index (χ0) is 13.8. The van der Waals surface area contributed by atoms with Crippen LogP contribution in [0.5, 0.6) is 0 Å². The second-order valence-electron chi connectivity index (χ2n) is 3.91. The second-order valence-corrected chi connectivity index (χ2v) is 5.48. The predicted molar refractivity (Wildman–Crippen MR) is 82.1 cm³/mol. The van der Waals surface area contributed by atoms with Crippen molar-refractivity contribution in [1.82, 2.24) is 15.3 Å². The summed E-state index contributed by atoms with van der Waals surface area (Å²) in [5.74, 6) is 0.513. The van der Waals surface area contributed by atoms with Crippen LogP contribution in [0.1, 0.15) is 21.9 Å². The lowest BCUT2D eigenvalue weighted by molar-refractivity contribution is 0.0950. The quantitative estimate of drug-likeness (QED) is 0.824. The van der Waals surface area contributed by atoms with Crippen molar-refractivity contribution in [2.24, 2.45) is 0 Å². The molecule has 1 aromatic carbocycles. The van der Waals surface area contributed by atoms with Gasteiger partial charge in [0.1, 0.15) is 5.82 Å². The number of carbonyl (C=O) groups is 1. The maximum Gasteiger partial charge on any atom is 0.251 e. The number of halogens is 2. The summed E-state index contributed by atoms with van der Waals surface area (Å²) >= 11 is 8.11. The topological polar surface area (TPSA) is 54.9 Å². The van der Waals surface area contributed by atoms with Crippen molar-refractivity contribution in [3.05, 3.63) is 56.1 Å². The Morgan fingerprint density at radius 3 is 2.89 bits per heavy atom. The molecule has 0 spiro atoms. The van der Waals surface area contributed by atoms with Crippen LogP contribution in [0.3, 0.4) is 0 Å². The number of aromatic nitrogens is 2. The molecule has 1 aromatic heterocycles. The molecule has 2 rings (SSSR count). The Bertz CT molecular complexity index is 619. The number of hydrogen-bond acceptors (Lipinski definition) is 3. The third kappa shape index (κ3) is 3.87. The van der Waals surface area contributed by atoms with Crippen LogP contribution in [0.4, 0.5) is 0 Å². The van der Waals surface area contributed by atoms with Gasteiger partial charge >= 0.3 is 0 Å². The maximum absolute atomic E-state index is 12.0. The van der Waals surface area contributed by atoms with Gasteiger partial charge in [-0.25, -0.2) is 9.97 Å². The number of hydrogen-bond donors (Lipinski definition) is 1. The van der Waals surface area contributed by atoms with Gasteiger partial charge in [-0.2, -0.15) is 0 Å². The molecule has 0 aliphatic heterocycles. The first-order valence-corrected chi connectivity index (χ1v) is 7.03. The average Bonchev–Trinajstić information content (AvgIpc) is 2.39. The molecule has 0 unspecified atom stereocenters. The fourth-order valence-electron chi connectivity index (χ4n) is 1.51. The number of amides is 1. The Labute approximate surface area is 129 Å². The Morgan fingerprint density at radius 2 is 2.21 bits per heavy atom. The van der Waals surface area contributed by atoms with Crippen LogP contribution >= 0.6 is 34.2 Å². The Morgan fingerprint density at radius 1 is 1.42 bits per heavy atom. The number of nitrogens with one attached hydrogen (secondary N) is 1. The van der Waals surface area contributed by atoms with Crippen molar-refractivity contribution < 1.29 is 4.79 Å². The summed E-state index contributed by atoms with van der Waals surface area (Å²) < 4.78 is 0.919. The third-order valence-corrected chi connectivity index (χ3v) is 4.02. The van der Waals surface area contributed by atoms with Gasteiger partial charge in [-0.05, 0) is 53.8 Å². The molecule has 4 nitrogen and oxygen atoms in total. The number of carbonyl (C=O) groups excluding carboxylic acids is 1. The van der Waals surface area contributed by atoms with E-state index in [0.29, 0.717) is 23.0 Å². The minimum absolute atomic E-state index is 0.172. The predicted octanol–water partition coefficient (Wildman–Crippen LogP) is 2.97. The van der Waals surface area contributed by atoms with Gasteiger partial charge in [-0.1, -0.05) is 11.6 Å². The van der Waals surface area contributed by atoms with Gasteiger partial charge in [0.15, 0.2) is 0 Å². The van der Waals surface area contributed by atoms with E-state index in [1.165, 1.54) is 0 Å². The van der Waals surface area contributed by atoms with Gasteiger partial charge in [0.2, 0.25) is 0 Å². The first kappa shape index (κ1) is 14.2. The van der Waals surface area contributed by atoms with E-state index in [0.717, 1.165) is 9.26 Å². The minimum Gasteiger partial charge on any atom is -0.346 e. The summed E-state index contributed by atoms with van der Waals surface area (Å²) in [6.45, 7) is 2.18. The second kappa shape index (κ2) is 6.29. The van der Waals surface area contributed by atoms with Gasteiger partial charge in [-0.3, -0.25) is 4.79 Å². The molecule has 0 fully saturated rings. The molecule has 19 heavy (non-hydrogen) atoms. The standard InChI is InChI=1S/C13H11ClIN3O/c1-8-16-5-4-10(18-8)7-17-13(19)9-2-3-12(15)11(14)6-9/h2-6H,7H2,1H3,(H,17,19). The fraction of sp³-hybridized carbons (Fsp3) is 0.154. The lowest BCUT2D eigenvalue weighted by atomic mass is 10.2. The van der Waals surface area contributed by atoms with Crippen LogP contribution < -0.4 is 5.32 Å². The van der Waals surface area contributed by atoms with Crippen molar-refractivity contribution >= 4 is 40.1 Å². The molecule has 2 aromatic rings. The smallest absolute Gasteiger partial charge is 0.251 e. The van der Waals surface area contributed by atoms with E-state index >= 15 is 0 Å². The highest BCUT2D eigenvalue weighted by atomic mass is 127. The lowest BCUT2D eigenvalue weighted by Crippen LogP contribution is -2.23. The molecule has 1 N–H and O–H groups in total. The fourth-order valence-corrected chi connectivity index (χ4v) is 2.03. The summed E-state index contributed by atoms with van der Waals surface area (Å²) in [6, 6.07) is 6.99. The van der Waals surface area contributed by atoms with E-state index < -0.39 is 0 Å². The summed E-state index contributed by atoms with van der Waals surface area (Å²) in [7, 11) is 0. The van der Waals surface area contributed by atoms with Crippen molar-refractivity contribution in [3.8, 4) is 0 Å². The molecule has 1 amide bonds. The zero-order valence-electron chi connectivity index (χ0n) is 10.2. The molecule has 0 atom stereocenters. The molecular formula is C13H11ClIN3O. The number of nitrogens with zero attached hydrogens (tertiary/aromatic N) is 2. The molecule has 6 heteroatoms. The first-order valence-electron chi connectivity index (χ1n) is 5.58. The van der Waals surface area contributed by atoms with E-state index in [9.17, 15) is 4.79 Å². The molecule has 1 heterocycles. The van der Waals surface area contributed by atoms with Crippen molar-refractivity contribution in [1.29, 1.82) is 0 Å². The summed E-state index contributed by atoms with van der Waals surface area (Å²) in [4.78, 5) is 20.2. The maximum atomic E-state index is 12.0. The summed E-state index contributed by atoms with van der Waals surface area (Å²) in [6.07, 6.45) is 1.67. The lowest BCUT2D eigenvalue weighted by Gasteiger charge is -2.06. The molecule has 98 valence electrons. The van der Waals surface area contributed by atoms with Gasteiger partial charge in [0.25, 0.3) is 5.91 Å².